The highest BCUT2D eigenvalue weighted by Crippen LogP contribution is 2.34. The normalized spacial score (nSPS) is 17.2. The van der Waals surface area contributed by atoms with E-state index in [1.807, 2.05) is 36.4 Å². The molecule has 5 rings (SSSR count). The van der Waals surface area contributed by atoms with Crippen molar-refractivity contribution >= 4 is 28.4 Å². The zero-order valence-corrected chi connectivity index (χ0v) is 18.8. The Kier molecular flexibility index (Phi) is 5.42. The Hall–Kier alpha value is -3.61. The molecule has 0 radical (unpaired) electrons. The van der Waals surface area contributed by atoms with E-state index < -0.39 is 5.92 Å². The highest BCUT2D eigenvalue weighted by atomic mass is 19.3. The van der Waals surface area contributed by atoms with Crippen LogP contribution in [0.2, 0.25) is 0 Å². The number of fused-ring (bicyclic) bond motifs is 2. The van der Waals surface area contributed by atoms with E-state index in [1.165, 1.54) is 11.8 Å². The van der Waals surface area contributed by atoms with E-state index in [0.29, 0.717) is 17.7 Å². The van der Waals surface area contributed by atoms with Crippen molar-refractivity contribution in [2.75, 3.05) is 19.6 Å². The molecule has 5 nitrogen and oxygen atoms in total. The first kappa shape index (κ1) is 22.2. The molecule has 2 aliphatic heterocycles. The van der Waals surface area contributed by atoms with Gasteiger partial charge in [-0.05, 0) is 58.7 Å². The first-order chi connectivity index (χ1) is 16.2. The van der Waals surface area contributed by atoms with Crippen molar-refractivity contribution in [3.8, 4) is 11.1 Å². The lowest BCUT2D eigenvalue weighted by atomic mass is 9.94. The van der Waals surface area contributed by atoms with E-state index in [2.05, 4.69) is 0 Å². The minimum atomic E-state index is -2.70. The number of benzene rings is 3. The van der Waals surface area contributed by atoms with Crippen molar-refractivity contribution in [3.05, 3.63) is 71.3 Å². The Bertz CT molecular complexity index is 1320. The average Bonchev–Trinajstić information content (AvgIpc) is 3.11. The van der Waals surface area contributed by atoms with Gasteiger partial charge in [-0.15, -0.1) is 0 Å². The summed E-state index contributed by atoms with van der Waals surface area (Å²) in [6.07, 6.45) is -0.609. The summed E-state index contributed by atoms with van der Waals surface area (Å²) in [5.74, 6) is -3.12. The molecular formula is C27H24F2N2O3. The molecule has 0 saturated carbocycles. The molecule has 2 heterocycles. The third-order valence-corrected chi connectivity index (χ3v) is 6.62. The van der Waals surface area contributed by atoms with Crippen LogP contribution in [0.3, 0.4) is 0 Å². The maximum atomic E-state index is 13.5. The van der Waals surface area contributed by atoms with Crippen LogP contribution in [0.15, 0.2) is 54.6 Å². The second kappa shape index (κ2) is 8.31. The number of nitrogens with zero attached hydrogens (tertiary/aromatic N) is 2. The van der Waals surface area contributed by atoms with Crippen LogP contribution in [0, 0.1) is 0 Å². The van der Waals surface area contributed by atoms with Crippen molar-refractivity contribution in [1.82, 2.24) is 9.80 Å². The van der Waals surface area contributed by atoms with Crippen molar-refractivity contribution in [2.24, 2.45) is 0 Å². The predicted molar refractivity (Wildman–Crippen MR) is 125 cm³/mol. The molecule has 0 atom stereocenters. The molecule has 1 saturated heterocycles. The third-order valence-electron chi connectivity index (χ3n) is 6.62. The summed E-state index contributed by atoms with van der Waals surface area (Å²) in [5, 5.41) is 1.83. The van der Waals surface area contributed by atoms with Gasteiger partial charge in [0, 0.05) is 43.6 Å². The van der Waals surface area contributed by atoms with Gasteiger partial charge in [-0.2, -0.15) is 0 Å². The first-order valence-electron chi connectivity index (χ1n) is 11.3. The Morgan fingerprint density at radius 2 is 1.74 bits per heavy atom. The molecule has 174 valence electrons. The zero-order valence-electron chi connectivity index (χ0n) is 18.8. The predicted octanol–water partition coefficient (Wildman–Crippen LogP) is 4.92. The van der Waals surface area contributed by atoms with Gasteiger partial charge in [0.15, 0.2) is 0 Å². The van der Waals surface area contributed by atoms with Crippen LogP contribution in [0.5, 0.6) is 0 Å². The van der Waals surface area contributed by atoms with E-state index >= 15 is 0 Å². The SMILES string of the molecule is CC(=O)CN1Cc2cc(-c3cccc4cc(C(=O)N5CCC(F)(F)CC5)ccc34)ccc2C1=O. The Balaban J connectivity index is 1.43. The second-order valence-electron chi connectivity index (χ2n) is 9.12. The summed E-state index contributed by atoms with van der Waals surface area (Å²) >= 11 is 0. The summed E-state index contributed by atoms with van der Waals surface area (Å²) in [6.45, 7) is 2.08. The number of carbonyl (C=O) groups excluding carboxylic acids is 3. The molecule has 2 amide bonds. The van der Waals surface area contributed by atoms with E-state index in [-0.39, 0.29) is 50.1 Å². The van der Waals surface area contributed by atoms with E-state index in [9.17, 15) is 23.2 Å². The third kappa shape index (κ3) is 4.06. The molecule has 7 heteroatoms. The average molecular weight is 462 g/mol. The molecule has 3 aromatic rings. The number of halogens is 2. The number of hydrogen-bond acceptors (Lipinski definition) is 3. The topological polar surface area (TPSA) is 57.7 Å². The van der Waals surface area contributed by atoms with E-state index in [1.54, 1.807) is 23.1 Å². The monoisotopic (exact) mass is 462 g/mol. The van der Waals surface area contributed by atoms with Gasteiger partial charge in [0.2, 0.25) is 0 Å². The molecule has 0 aromatic heterocycles. The van der Waals surface area contributed by atoms with Crippen LogP contribution < -0.4 is 0 Å². The van der Waals surface area contributed by atoms with Gasteiger partial charge in [-0.25, -0.2) is 8.78 Å². The fourth-order valence-electron chi connectivity index (χ4n) is 4.83. The summed E-state index contributed by atoms with van der Waals surface area (Å²) in [5.41, 5.74) is 3.89. The molecule has 0 unspecified atom stereocenters. The highest BCUT2D eigenvalue weighted by Gasteiger charge is 2.35. The van der Waals surface area contributed by atoms with Gasteiger partial charge in [0.05, 0.1) is 6.54 Å². The van der Waals surface area contributed by atoms with Crippen molar-refractivity contribution < 1.29 is 23.2 Å². The van der Waals surface area contributed by atoms with Crippen molar-refractivity contribution in [3.63, 3.8) is 0 Å². The molecule has 0 aliphatic carbocycles. The van der Waals surface area contributed by atoms with Crippen LogP contribution in [0.1, 0.15) is 46.0 Å². The van der Waals surface area contributed by atoms with Gasteiger partial charge in [0.25, 0.3) is 17.7 Å². The van der Waals surface area contributed by atoms with Crippen molar-refractivity contribution in [2.45, 2.75) is 32.2 Å². The number of alkyl halides is 2. The molecule has 1 fully saturated rings. The Labute approximate surface area is 196 Å². The minimum Gasteiger partial charge on any atom is -0.338 e. The van der Waals surface area contributed by atoms with Gasteiger partial charge < -0.3 is 9.80 Å². The molecule has 3 aromatic carbocycles. The molecule has 2 aliphatic rings. The Morgan fingerprint density at radius 1 is 0.971 bits per heavy atom. The standard InChI is InChI=1S/C27H24F2N2O3/c1-17(32)15-31-16-21-14-19(5-8-24(21)26(31)34)22-4-2-3-18-13-20(6-7-23(18)22)25(33)30-11-9-27(28,29)10-12-30/h2-8,13-14H,9-12,15-16H2,1H3. The number of piperidine rings is 1. The van der Waals surface area contributed by atoms with Gasteiger partial charge in [0.1, 0.15) is 5.78 Å². The minimum absolute atomic E-state index is 0.0540. The fourth-order valence-corrected chi connectivity index (χ4v) is 4.83. The lowest BCUT2D eigenvalue weighted by Crippen LogP contribution is -2.42. The number of amides is 2. The van der Waals surface area contributed by atoms with Gasteiger partial charge in [-0.3, -0.25) is 14.4 Å². The smallest absolute Gasteiger partial charge is 0.254 e. The number of rotatable bonds is 4. The Morgan fingerprint density at radius 3 is 2.47 bits per heavy atom. The van der Waals surface area contributed by atoms with Crippen LogP contribution in [-0.2, 0) is 11.3 Å². The lowest BCUT2D eigenvalue weighted by molar-refractivity contribution is -0.117. The fraction of sp³-hybridized carbons (Fsp3) is 0.296. The largest absolute Gasteiger partial charge is 0.338 e. The van der Waals surface area contributed by atoms with Crippen LogP contribution in [0.4, 0.5) is 8.78 Å². The quantitative estimate of drug-likeness (QED) is 0.553. The number of hydrogen-bond donors (Lipinski definition) is 0. The lowest BCUT2D eigenvalue weighted by Gasteiger charge is -2.31. The highest BCUT2D eigenvalue weighted by molar-refractivity contribution is 6.04. The number of ketones is 1. The molecule has 0 N–H and O–H groups in total. The van der Waals surface area contributed by atoms with E-state index in [4.69, 9.17) is 0 Å². The molecular weight excluding hydrogens is 438 g/mol. The van der Waals surface area contributed by atoms with E-state index in [0.717, 1.165) is 27.5 Å². The second-order valence-corrected chi connectivity index (χ2v) is 9.12. The summed E-state index contributed by atoms with van der Waals surface area (Å²) < 4.78 is 26.9. The van der Waals surface area contributed by atoms with Crippen LogP contribution in [0.25, 0.3) is 21.9 Å². The van der Waals surface area contributed by atoms with Crippen LogP contribution >= 0.6 is 0 Å². The van der Waals surface area contributed by atoms with Crippen LogP contribution in [-0.4, -0.2) is 53.0 Å². The molecule has 0 bridgehead atoms. The van der Waals surface area contributed by atoms with Gasteiger partial charge in [-0.1, -0.05) is 30.3 Å². The number of likely N-dealkylation sites (tertiary alicyclic amines) is 1. The van der Waals surface area contributed by atoms with Gasteiger partial charge >= 0.3 is 0 Å². The maximum Gasteiger partial charge on any atom is 0.254 e. The summed E-state index contributed by atoms with van der Waals surface area (Å²) in [4.78, 5) is 40.0. The van der Waals surface area contributed by atoms with Crippen molar-refractivity contribution in [1.29, 1.82) is 0 Å². The molecule has 34 heavy (non-hydrogen) atoms. The first-order valence-corrected chi connectivity index (χ1v) is 11.3. The number of carbonyl (C=O) groups is 3. The summed E-state index contributed by atoms with van der Waals surface area (Å²) in [7, 11) is 0. The maximum absolute atomic E-state index is 13.5. The summed E-state index contributed by atoms with van der Waals surface area (Å²) in [6, 6.07) is 16.9. The zero-order chi connectivity index (χ0) is 24.0. The molecule has 0 spiro atoms. The number of Topliss-reactive ketones (excluding diaryl/α,β-unsaturated/α-hetero) is 1.